The third-order valence-electron chi connectivity index (χ3n) is 22.0. The molecule has 538 valence electrons. The highest BCUT2D eigenvalue weighted by atomic mass is 19.4. The van der Waals surface area contributed by atoms with Crippen LogP contribution in [0.25, 0.3) is 43.7 Å². The number of carbonyl (C=O) groups is 3. The van der Waals surface area contributed by atoms with E-state index in [1.165, 1.54) is 13.0 Å². The molecule has 0 radical (unpaired) electrons. The van der Waals surface area contributed by atoms with E-state index in [1.54, 1.807) is 69.7 Å². The van der Waals surface area contributed by atoms with Crippen LogP contribution in [0.15, 0.2) is 96.0 Å². The van der Waals surface area contributed by atoms with Crippen LogP contribution in [0.4, 0.5) is 65.2 Å². The van der Waals surface area contributed by atoms with Gasteiger partial charge in [-0.15, -0.1) is 15.3 Å². The molecule has 0 bridgehead atoms. The summed E-state index contributed by atoms with van der Waals surface area (Å²) >= 11 is 0. The molecule has 6 fully saturated rings. The number of piperazine rings is 3. The largest absolute Gasteiger partial charge is 0.461 e. The van der Waals surface area contributed by atoms with E-state index in [0.717, 1.165) is 42.6 Å². The Morgan fingerprint density at radius 1 is 0.529 bits per heavy atom. The molecule has 6 aliphatic rings. The number of amides is 3. The molecule has 3 amide bonds. The molecule has 7 aromatic heterocycles. The van der Waals surface area contributed by atoms with Crippen molar-refractivity contribution in [2.75, 3.05) is 89.6 Å². The molecule has 0 aliphatic carbocycles. The van der Waals surface area contributed by atoms with Gasteiger partial charge in [0.25, 0.3) is 0 Å². The van der Waals surface area contributed by atoms with Gasteiger partial charge in [-0.1, -0.05) is 30.3 Å². The number of aromatic nitrogens is 9. The molecule has 3 N–H and O–H groups in total. The standard InChI is InChI=1S/C75H75F7N18O4/c1-39-54(14-10-45(66(39)75(80,81)82)28-62-69-59(31-53(34-85-69)97-21-24-100-50(37-97)13-18-65(100)103)73(94-91-62)88-42(4)55-7-6-8-56-60(76)38-104-70(55)56)41(3)87-72-58-30-52(96-20-23-99-49(36-96)12-17-64(99)102)33-84-68(58)61(90-93-72)15-9-44-25-46(27-47(26-44)74(77,78)79)40(2)86-71-57-29-51(32-83-67(57)43(5)89-92-71)95-19-22-98-48(35-95)11-16-63(98)101/h6-8,10,14,25-27,29-34,38,40-42,48-50H,9,11-13,15-24,28,35-37H2,1-5H3,(H,86,92)(H,87,93)(H,88,94)/t40-,41-,42-,48-,49-,50-/m1/s1. The first-order valence-corrected chi connectivity index (χ1v) is 35.4. The molecule has 22 nitrogen and oxygen atoms in total. The van der Waals surface area contributed by atoms with E-state index in [1.807, 2.05) is 39.8 Å². The molecule has 13 heterocycles. The number of rotatable bonds is 17. The molecular weight excluding hydrogens is 1350 g/mol. The van der Waals surface area contributed by atoms with Gasteiger partial charge in [-0.2, -0.15) is 41.6 Å². The van der Waals surface area contributed by atoms with Gasteiger partial charge >= 0.3 is 12.4 Å². The van der Waals surface area contributed by atoms with Crippen LogP contribution in [0.5, 0.6) is 0 Å². The summed E-state index contributed by atoms with van der Waals surface area (Å²) in [5.74, 6) is 0.730. The van der Waals surface area contributed by atoms with Gasteiger partial charge in [0.1, 0.15) is 11.8 Å². The minimum Gasteiger partial charge on any atom is -0.461 e. The van der Waals surface area contributed by atoms with Crippen molar-refractivity contribution in [1.82, 2.24) is 60.2 Å². The van der Waals surface area contributed by atoms with Crippen LogP contribution in [-0.2, 0) is 46.0 Å². The smallest absolute Gasteiger partial charge is 0.416 e. The van der Waals surface area contributed by atoms with Gasteiger partial charge in [-0.3, -0.25) is 29.3 Å². The lowest BCUT2D eigenvalue weighted by Crippen LogP contribution is -2.51. The third kappa shape index (κ3) is 12.7. The zero-order chi connectivity index (χ0) is 72.2. The number of anilines is 6. The van der Waals surface area contributed by atoms with Gasteiger partial charge in [-0.25, -0.2) is 4.39 Å². The normalized spacial score (nSPS) is 19.6. The van der Waals surface area contributed by atoms with Crippen LogP contribution >= 0.6 is 0 Å². The van der Waals surface area contributed by atoms with E-state index in [0.29, 0.717) is 179 Å². The fourth-order valence-electron chi connectivity index (χ4n) is 16.5. The second-order valence-electron chi connectivity index (χ2n) is 28.4. The second kappa shape index (κ2) is 26.6. The monoisotopic (exact) mass is 1420 g/mol. The van der Waals surface area contributed by atoms with Crippen LogP contribution in [0.1, 0.15) is 139 Å². The first-order valence-electron chi connectivity index (χ1n) is 35.4. The molecule has 0 spiro atoms. The highest BCUT2D eigenvalue weighted by Gasteiger charge is 2.41. The summed E-state index contributed by atoms with van der Waals surface area (Å²) in [5.41, 5.74) is 4.85. The average Bonchev–Trinajstić information content (AvgIpc) is 0.899. The lowest BCUT2D eigenvalue weighted by molar-refractivity contribution is -0.139. The number of pyridine rings is 3. The number of aryl methyl sites for hydroxylation is 3. The summed E-state index contributed by atoms with van der Waals surface area (Å²) in [7, 11) is 0. The van der Waals surface area contributed by atoms with Gasteiger partial charge in [0, 0.05) is 124 Å². The first kappa shape index (κ1) is 67.9. The Labute approximate surface area is 592 Å². The fourth-order valence-corrected chi connectivity index (χ4v) is 16.5. The number of carbonyl (C=O) groups excluding carboxylic acids is 3. The Hall–Kier alpha value is -10.6. The van der Waals surface area contributed by atoms with E-state index < -0.39 is 47.4 Å². The van der Waals surface area contributed by atoms with Crippen LogP contribution in [0, 0.1) is 19.7 Å². The number of fused-ring (bicyclic) bond motifs is 7. The molecule has 104 heavy (non-hydrogen) atoms. The van der Waals surface area contributed by atoms with E-state index in [4.69, 9.17) is 24.5 Å². The quantitative estimate of drug-likeness (QED) is 0.0719. The molecule has 0 saturated carbocycles. The molecule has 0 unspecified atom stereocenters. The predicted octanol–water partition coefficient (Wildman–Crippen LogP) is 12.6. The Kier molecular flexibility index (Phi) is 17.3. The van der Waals surface area contributed by atoms with E-state index >= 15 is 13.2 Å². The maximum absolute atomic E-state index is 15.9. The van der Waals surface area contributed by atoms with Gasteiger partial charge in [0.15, 0.2) is 23.3 Å². The molecule has 29 heteroatoms. The fraction of sp³-hybridized carbons (Fsp3) is 0.413. The van der Waals surface area contributed by atoms with Gasteiger partial charge in [0.2, 0.25) is 17.7 Å². The summed E-state index contributed by atoms with van der Waals surface area (Å²) in [5, 5.41) is 39.5. The average molecular weight is 1430 g/mol. The number of hydrogen-bond donors (Lipinski definition) is 3. The Balaban J connectivity index is 0.692. The first-order chi connectivity index (χ1) is 50.0. The highest BCUT2D eigenvalue weighted by molar-refractivity contribution is 5.95. The molecule has 3 aromatic carbocycles. The van der Waals surface area contributed by atoms with Crippen LogP contribution in [-0.4, -0.2) is 155 Å². The number of nitrogens with one attached hydrogen (secondary N) is 3. The molecular formula is C75H75F7N18O4. The number of hydrogen-bond acceptors (Lipinski definition) is 19. The SMILES string of the molecule is Cc1c([C@@H](C)Nc2nnc(CCc3cc([C@@H](C)Nc4nnc(C)c5ncc(N6CCN7C(=O)CC[C@@H]7C6)cc45)cc(C(F)(F)F)c3)c3ncc(N4CCN5C(=O)CC[C@@H]5C4)cc23)ccc(Cc2nnc(N[C@H](C)c3cccc4c(F)coc34)c3cc(N4CCN5C(=O)CC[C@@H]5C4)cnc23)c1C(F)(F)F. The van der Waals surface area contributed by atoms with Crippen molar-refractivity contribution in [1.29, 1.82) is 0 Å². The maximum atomic E-state index is 15.9. The van der Waals surface area contributed by atoms with Crippen LogP contribution in [0.2, 0.25) is 0 Å². The summed E-state index contributed by atoms with van der Waals surface area (Å²) < 4.78 is 113. The van der Waals surface area contributed by atoms with Gasteiger partial charge < -0.3 is 49.8 Å². The minimum atomic E-state index is -4.86. The zero-order valence-corrected chi connectivity index (χ0v) is 57.8. The highest BCUT2D eigenvalue weighted by Crippen LogP contribution is 2.43. The lowest BCUT2D eigenvalue weighted by Gasteiger charge is -2.38. The lowest BCUT2D eigenvalue weighted by atomic mass is 9.90. The van der Waals surface area contributed by atoms with Crippen molar-refractivity contribution in [3.8, 4) is 0 Å². The molecule has 6 atom stereocenters. The number of alkyl halides is 6. The topological polar surface area (TPSA) is 236 Å². The van der Waals surface area contributed by atoms with E-state index in [2.05, 4.69) is 56.1 Å². The molecule has 10 aromatic rings. The van der Waals surface area contributed by atoms with Crippen LogP contribution in [0.3, 0.4) is 0 Å². The van der Waals surface area contributed by atoms with Crippen molar-refractivity contribution in [2.24, 2.45) is 0 Å². The van der Waals surface area contributed by atoms with Crippen molar-refractivity contribution >= 4 is 95.9 Å². The predicted molar refractivity (Wildman–Crippen MR) is 378 cm³/mol. The molecule has 16 rings (SSSR count). The van der Waals surface area contributed by atoms with Crippen molar-refractivity contribution in [3.05, 3.63) is 159 Å². The Morgan fingerprint density at radius 2 is 1.03 bits per heavy atom. The summed E-state index contributed by atoms with van der Waals surface area (Å²) in [6.07, 6.45) is 0.155. The zero-order valence-electron chi connectivity index (χ0n) is 57.8. The van der Waals surface area contributed by atoms with Crippen molar-refractivity contribution in [3.63, 3.8) is 0 Å². The number of benzene rings is 3. The summed E-state index contributed by atoms with van der Waals surface area (Å²) in [6.45, 7) is 13.6. The maximum Gasteiger partial charge on any atom is 0.416 e. The van der Waals surface area contributed by atoms with Gasteiger partial charge in [-0.05, 0) is 131 Å². The second-order valence-corrected chi connectivity index (χ2v) is 28.4. The Morgan fingerprint density at radius 3 is 1.58 bits per heavy atom. The van der Waals surface area contributed by atoms with Crippen molar-refractivity contribution < 1.29 is 49.5 Å². The van der Waals surface area contributed by atoms with E-state index in [-0.39, 0.29) is 77.7 Å². The minimum absolute atomic E-state index is 0.00665. The number of halogens is 7. The molecule has 6 aliphatic heterocycles. The number of para-hydroxylation sites is 1. The summed E-state index contributed by atoms with van der Waals surface area (Å²) in [4.78, 5) is 64.8. The Bertz CT molecular complexity index is 5090. The van der Waals surface area contributed by atoms with E-state index in [9.17, 15) is 31.9 Å². The van der Waals surface area contributed by atoms with Crippen LogP contribution < -0.4 is 30.7 Å². The third-order valence-corrected chi connectivity index (χ3v) is 22.0. The van der Waals surface area contributed by atoms with Gasteiger partial charge in [0.05, 0.1) is 104 Å². The number of furan rings is 1. The summed E-state index contributed by atoms with van der Waals surface area (Å²) in [6, 6.07) is 16.0. The van der Waals surface area contributed by atoms with Crippen molar-refractivity contribution in [2.45, 2.75) is 141 Å². The number of nitrogens with zero attached hydrogens (tertiary/aromatic N) is 15. The molecule has 6 saturated heterocycles.